The molecule has 1 atom stereocenters. The maximum Gasteiger partial charge on any atom is 0.338 e. The number of nitrogens with zero attached hydrogens (tertiary/aromatic N) is 1. The number of fused-ring (bicyclic) bond motifs is 1. The van der Waals surface area contributed by atoms with Crippen LogP contribution in [0.3, 0.4) is 0 Å². The summed E-state index contributed by atoms with van der Waals surface area (Å²) in [4.78, 5) is 28.5. The summed E-state index contributed by atoms with van der Waals surface area (Å²) in [7, 11) is -3.03. The van der Waals surface area contributed by atoms with Gasteiger partial charge in [-0.15, -0.1) is 0 Å². The molecule has 7 nitrogen and oxygen atoms in total. The van der Waals surface area contributed by atoms with Crippen molar-refractivity contribution in [3.8, 4) is 0 Å². The Labute approximate surface area is 181 Å². The SMILES string of the molecule is Cc1[nH]c2ccc(C(=O)OCC(=O)c3cc(C)n([C@@H]4CCS(=O)(=O)C4)c3C)cc2c1C. The van der Waals surface area contributed by atoms with Crippen molar-refractivity contribution in [2.75, 3.05) is 18.1 Å². The molecular formula is C23H26N2O5S. The minimum atomic E-state index is -3.03. The second-order valence-electron chi connectivity index (χ2n) is 8.35. The highest BCUT2D eigenvalue weighted by molar-refractivity contribution is 7.91. The molecule has 1 aliphatic heterocycles. The molecule has 2 aromatic heterocycles. The molecule has 8 heteroatoms. The van der Waals surface area contributed by atoms with Crippen LogP contribution in [0, 0.1) is 27.7 Å². The van der Waals surface area contributed by atoms with Crippen LogP contribution in [0.5, 0.6) is 0 Å². The van der Waals surface area contributed by atoms with Crippen molar-refractivity contribution in [2.24, 2.45) is 0 Å². The van der Waals surface area contributed by atoms with Gasteiger partial charge in [0, 0.05) is 39.6 Å². The Morgan fingerprint density at radius 3 is 2.58 bits per heavy atom. The van der Waals surface area contributed by atoms with Crippen molar-refractivity contribution in [3.63, 3.8) is 0 Å². The number of carbonyl (C=O) groups excluding carboxylic acids is 2. The lowest BCUT2D eigenvalue weighted by Crippen LogP contribution is -2.17. The van der Waals surface area contributed by atoms with E-state index < -0.39 is 15.8 Å². The van der Waals surface area contributed by atoms with Gasteiger partial charge in [0.15, 0.2) is 16.4 Å². The number of sulfone groups is 1. The number of hydrogen-bond donors (Lipinski definition) is 1. The number of ketones is 1. The zero-order valence-corrected chi connectivity index (χ0v) is 18.9. The number of Topliss-reactive ketones (excluding diaryl/α,β-unsaturated/α-hetero) is 1. The van der Waals surface area contributed by atoms with E-state index in [9.17, 15) is 18.0 Å². The quantitative estimate of drug-likeness (QED) is 0.481. The first-order valence-corrected chi connectivity index (χ1v) is 12.1. The summed E-state index contributed by atoms with van der Waals surface area (Å²) in [5.41, 5.74) is 5.46. The minimum absolute atomic E-state index is 0.0898. The third kappa shape index (κ3) is 3.92. The molecule has 164 valence electrons. The Bertz CT molecular complexity index is 1310. The van der Waals surface area contributed by atoms with E-state index in [1.807, 2.05) is 31.4 Å². The first-order valence-electron chi connectivity index (χ1n) is 10.3. The zero-order valence-electron chi connectivity index (χ0n) is 18.1. The van der Waals surface area contributed by atoms with Crippen LogP contribution in [0.1, 0.15) is 55.8 Å². The number of ether oxygens (including phenoxy) is 1. The van der Waals surface area contributed by atoms with Crippen LogP contribution in [0.25, 0.3) is 10.9 Å². The molecule has 0 amide bonds. The number of benzene rings is 1. The van der Waals surface area contributed by atoms with E-state index in [1.165, 1.54) is 0 Å². The maximum atomic E-state index is 12.8. The topological polar surface area (TPSA) is 98.2 Å². The highest BCUT2D eigenvalue weighted by Gasteiger charge is 2.31. The minimum Gasteiger partial charge on any atom is -0.454 e. The Kier molecular flexibility index (Phi) is 5.29. The zero-order chi connectivity index (χ0) is 22.5. The standard InChI is InChI=1S/C23H26N2O5S/c1-13-9-20(16(4)25(13)18-7-8-31(28,29)12-18)22(26)11-30-23(27)17-5-6-21-19(10-17)14(2)15(3)24-21/h5-6,9-10,18,24H,7-8,11-12H2,1-4H3/t18-/m1/s1. The number of esters is 1. The van der Waals surface area contributed by atoms with Gasteiger partial charge in [0.2, 0.25) is 5.78 Å². The van der Waals surface area contributed by atoms with Crippen LogP contribution in [0.15, 0.2) is 24.3 Å². The first-order chi connectivity index (χ1) is 14.6. The van der Waals surface area contributed by atoms with Gasteiger partial charge in [0.05, 0.1) is 17.1 Å². The van der Waals surface area contributed by atoms with Gasteiger partial charge in [-0.1, -0.05) is 0 Å². The third-order valence-electron chi connectivity index (χ3n) is 6.24. The molecule has 4 rings (SSSR count). The highest BCUT2D eigenvalue weighted by Crippen LogP contribution is 2.29. The second kappa shape index (κ2) is 7.67. The average Bonchev–Trinajstić information content (AvgIpc) is 3.32. The van der Waals surface area contributed by atoms with E-state index in [1.54, 1.807) is 25.1 Å². The van der Waals surface area contributed by atoms with E-state index in [0.29, 0.717) is 23.2 Å². The summed E-state index contributed by atoms with van der Waals surface area (Å²) in [5.74, 6) is -0.598. The van der Waals surface area contributed by atoms with Crippen LogP contribution >= 0.6 is 0 Å². The smallest absolute Gasteiger partial charge is 0.338 e. The van der Waals surface area contributed by atoms with Gasteiger partial charge in [-0.3, -0.25) is 4.79 Å². The molecule has 0 spiro atoms. The van der Waals surface area contributed by atoms with Crippen LogP contribution in [0.4, 0.5) is 0 Å². The van der Waals surface area contributed by atoms with Gasteiger partial charge in [0.1, 0.15) is 0 Å². The van der Waals surface area contributed by atoms with E-state index in [2.05, 4.69) is 4.98 Å². The molecule has 1 saturated heterocycles. The number of aromatic nitrogens is 2. The van der Waals surface area contributed by atoms with E-state index in [4.69, 9.17) is 4.74 Å². The van der Waals surface area contributed by atoms with Crippen molar-refractivity contribution >= 4 is 32.5 Å². The molecule has 0 saturated carbocycles. The normalized spacial score (nSPS) is 17.9. The fourth-order valence-electron chi connectivity index (χ4n) is 4.48. The lowest BCUT2D eigenvalue weighted by Gasteiger charge is -2.16. The van der Waals surface area contributed by atoms with Crippen LogP contribution < -0.4 is 0 Å². The summed E-state index contributed by atoms with van der Waals surface area (Å²) in [6, 6.07) is 6.87. The molecule has 0 aliphatic carbocycles. The number of carbonyl (C=O) groups is 2. The maximum absolute atomic E-state index is 12.8. The number of aryl methyl sites for hydroxylation is 3. The van der Waals surface area contributed by atoms with E-state index in [-0.39, 0.29) is 29.9 Å². The van der Waals surface area contributed by atoms with Gasteiger partial charge in [0.25, 0.3) is 0 Å². The molecule has 1 fully saturated rings. The summed E-state index contributed by atoms with van der Waals surface area (Å²) < 4.78 is 30.9. The molecule has 3 aromatic rings. The average molecular weight is 443 g/mol. The summed E-state index contributed by atoms with van der Waals surface area (Å²) in [5, 5.41) is 0.952. The Hall–Kier alpha value is -2.87. The van der Waals surface area contributed by atoms with Gasteiger partial charge in [-0.2, -0.15) is 0 Å². The Morgan fingerprint density at radius 2 is 1.90 bits per heavy atom. The largest absolute Gasteiger partial charge is 0.454 e. The van der Waals surface area contributed by atoms with Crippen molar-refractivity contribution in [2.45, 2.75) is 40.2 Å². The van der Waals surface area contributed by atoms with E-state index in [0.717, 1.165) is 27.9 Å². The van der Waals surface area contributed by atoms with E-state index >= 15 is 0 Å². The van der Waals surface area contributed by atoms with Crippen molar-refractivity contribution in [1.82, 2.24) is 9.55 Å². The molecule has 1 aliphatic rings. The lowest BCUT2D eigenvalue weighted by molar-refractivity contribution is 0.0474. The number of rotatable bonds is 5. The first kappa shape index (κ1) is 21.4. The molecule has 1 aromatic carbocycles. The highest BCUT2D eigenvalue weighted by atomic mass is 32.2. The number of aromatic amines is 1. The molecular weight excluding hydrogens is 416 g/mol. The van der Waals surface area contributed by atoms with Crippen molar-refractivity contribution in [3.05, 3.63) is 58.0 Å². The molecule has 0 radical (unpaired) electrons. The predicted molar refractivity (Wildman–Crippen MR) is 119 cm³/mol. The number of H-pyrrole nitrogens is 1. The monoisotopic (exact) mass is 442 g/mol. The van der Waals surface area contributed by atoms with Gasteiger partial charge < -0.3 is 14.3 Å². The molecule has 0 bridgehead atoms. The van der Waals surface area contributed by atoms with Crippen LogP contribution in [0.2, 0.25) is 0 Å². The van der Waals surface area contributed by atoms with Crippen molar-refractivity contribution in [1.29, 1.82) is 0 Å². The third-order valence-corrected chi connectivity index (χ3v) is 7.99. The molecule has 1 N–H and O–H groups in total. The summed E-state index contributed by atoms with van der Waals surface area (Å²) >= 11 is 0. The Morgan fingerprint density at radius 1 is 1.16 bits per heavy atom. The Balaban J connectivity index is 1.48. The number of hydrogen-bond acceptors (Lipinski definition) is 5. The molecule has 3 heterocycles. The van der Waals surface area contributed by atoms with Crippen LogP contribution in [-0.2, 0) is 14.6 Å². The fraction of sp³-hybridized carbons (Fsp3) is 0.391. The lowest BCUT2D eigenvalue weighted by atomic mass is 10.1. The van der Waals surface area contributed by atoms with Crippen LogP contribution in [-0.4, -0.2) is 47.8 Å². The number of nitrogens with one attached hydrogen (secondary N) is 1. The van der Waals surface area contributed by atoms with Gasteiger partial charge in [-0.25, -0.2) is 13.2 Å². The summed E-state index contributed by atoms with van der Waals surface area (Å²) in [6.45, 7) is 7.26. The van der Waals surface area contributed by atoms with Crippen molar-refractivity contribution < 1.29 is 22.7 Å². The predicted octanol–water partition coefficient (Wildman–Crippen LogP) is 3.60. The second-order valence-corrected chi connectivity index (χ2v) is 10.6. The molecule has 0 unspecified atom stereocenters. The molecule has 31 heavy (non-hydrogen) atoms. The summed E-state index contributed by atoms with van der Waals surface area (Å²) in [6.07, 6.45) is 0.543. The fourth-order valence-corrected chi connectivity index (χ4v) is 6.18. The van der Waals surface area contributed by atoms with Gasteiger partial charge >= 0.3 is 5.97 Å². The van der Waals surface area contributed by atoms with Gasteiger partial charge in [-0.05, 0) is 63.9 Å².